The molecule has 0 saturated heterocycles. The maximum Gasteiger partial charge on any atom is 0.206 e. The van der Waals surface area contributed by atoms with E-state index in [1.165, 1.54) is 6.20 Å². The molecule has 14 heavy (non-hydrogen) atoms. The zero-order valence-corrected chi connectivity index (χ0v) is 7.27. The number of nitrogens with zero attached hydrogens (tertiary/aromatic N) is 1. The summed E-state index contributed by atoms with van der Waals surface area (Å²) in [7, 11) is 0. The monoisotopic (exact) mass is 191 g/mol. The summed E-state index contributed by atoms with van der Waals surface area (Å²) >= 11 is 0. The summed E-state index contributed by atoms with van der Waals surface area (Å²) in [6.45, 7) is 0. The maximum atomic E-state index is 10.7. The molecule has 1 unspecified atom stereocenters. The number of hydrogen-bond acceptors (Lipinski definition) is 4. The van der Waals surface area contributed by atoms with Gasteiger partial charge < -0.3 is 10.9 Å². The van der Waals surface area contributed by atoms with Crippen molar-refractivity contribution >= 4 is 22.3 Å². The largest absolute Gasteiger partial charge is 0.595 e. The van der Waals surface area contributed by atoms with Gasteiger partial charge in [-0.3, -0.25) is 0 Å². The summed E-state index contributed by atoms with van der Waals surface area (Å²) < 4.78 is 0. The van der Waals surface area contributed by atoms with Crippen LogP contribution in [0.15, 0.2) is 30.5 Å². The van der Waals surface area contributed by atoms with Crippen molar-refractivity contribution in [1.82, 2.24) is 4.98 Å². The number of rotatable bonds is 1. The van der Waals surface area contributed by atoms with Crippen LogP contribution in [0, 0.1) is 5.21 Å². The molecule has 5 heteroatoms. The van der Waals surface area contributed by atoms with Gasteiger partial charge in [0.05, 0.1) is 11.7 Å². The van der Waals surface area contributed by atoms with Gasteiger partial charge in [-0.2, -0.15) is 5.23 Å². The molecular formula is C9H9N3O2. The molecule has 0 amide bonds. The van der Waals surface area contributed by atoms with E-state index in [9.17, 15) is 5.21 Å². The van der Waals surface area contributed by atoms with Gasteiger partial charge in [0.25, 0.3) is 0 Å². The van der Waals surface area contributed by atoms with Crippen LogP contribution in [-0.2, 0) is 0 Å². The Morgan fingerprint density at radius 2 is 2.07 bits per heavy atom. The number of hydrogen-bond donors (Lipinski definition) is 3. The molecule has 1 heterocycles. The third-order valence-electron chi connectivity index (χ3n) is 2.05. The maximum absolute atomic E-state index is 10.7. The first-order valence-electron chi connectivity index (χ1n) is 4.06. The van der Waals surface area contributed by atoms with Gasteiger partial charge in [0, 0.05) is 5.39 Å². The minimum atomic E-state index is -1.05. The lowest BCUT2D eigenvalue weighted by Gasteiger charge is -2.14. The average molecular weight is 191 g/mol. The summed E-state index contributed by atoms with van der Waals surface area (Å²) in [5, 5.41) is 19.2. The minimum absolute atomic E-state index is 0.0451. The molecule has 4 N–H and O–H groups in total. The number of nitrogens with one attached hydrogen (secondary N) is 1. The summed E-state index contributed by atoms with van der Waals surface area (Å²) in [5.74, 6) is 0. The first kappa shape index (κ1) is 8.89. The van der Waals surface area contributed by atoms with E-state index in [1.807, 2.05) is 6.07 Å². The summed E-state index contributed by atoms with van der Waals surface area (Å²) in [5.41, 5.74) is 6.71. The molecule has 0 aliphatic rings. The topological polar surface area (TPSA) is 86.6 Å². The Kier molecular flexibility index (Phi) is 2.05. The average Bonchev–Trinajstić information content (AvgIpc) is 2.18. The van der Waals surface area contributed by atoms with Crippen LogP contribution in [0.25, 0.3) is 10.9 Å². The molecule has 2 aromatic rings. The number of aromatic nitrogens is 1. The molecule has 0 aliphatic heterocycles. The molecule has 5 nitrogen and oxygen atoms in total. The lowest BCUT2D eigenvalue weighted by atomic mass is 10.2. The molecule has 0 aliphatic carbocycles. The Morgan fingerprint density at radius 3 is 2.79 bits per heavy atom. The molecule has 72 valence electrons. The molecule has 1 aromatic heterocycles. The Balaban J connectivity index is 2.75. The highest BCUT2D eigenvalue weighted by Crippen LogP contribution is 2.23. The number of benzene rings is 1. The molecule has 2 rings (SSSR count). The third-order valence-corrected chi connectivity index (χ3v) is 2.05. The first-order valence-corrected chi connectivity index (χ1v) is 4.06. The van der Waals surface area contributed by atoms with Crippen molar-refractivity contribution in [2.24, 2.45) is 0 Å². The standard InChI is InChI=1S/C9H9N3O2/c10-9-6-3-1-2-4-7(6)11-5-8(9)12(13)14/h1-5,12-13H,(H2,10,11). The minimum Gasteiger partial charge on any atom is -0.595 e. The lowest BCUT2D eigenvalue weighted by molar-refractivity contribution is -0.990. The van der Waals surface area contributed by atoms with Crippen molar-refractivity contribution in [1.29, 1.82) is 0 Å². The number of nitrogens with two attached hydrogens (primary N) is 1. The highest BCUT2D eigenvalue weighted by molar-refractivity contribution is 5.94. The van der Waals surface area contributed by atoms with E-state index in [0.29, 0.717) is 10.9 Å². The number of para-hydroxylation sites is 1. The third kappa shape index (κ3) is 1.29. The van der Waals surface area contributed by atoms with Crippen LogP contribution in [0.1, 0.15) is 0 Å². The number of nitrogen functional groups attached to an aromatic ring is 1. The van der Waals surface area contributed by atoms with Crippen LogP contribution in [0.2, 0.25) is 0 Å². The molecule has 0 spiro atoms. The van der Waals surface area contributed by atoms with Gasteiger partial charge in [0.1, 0.15) is 5.69 Å². The number of fused-ring (bicyclic) bond motifs is 1. The van der Waals surface area contributed by atoms with E-state index in [4.69, 9.17) is 10.9 Å². The first-order chi connectivity index (χ1) is 6.70. The van der Waals surface area contributed by atoms with Crippen LogP contribution in [-0.4, -0.2) is 10.2 Å². The molecule has 0 bridgehead atoms. The van der Waals surface area contributed by atoms with Gasteiger partial charge >= 0.3 is 0 Å². The fourth-order valence-electron chi connectivity index (χ4n) is 1.33. The summed E-state index contributed by atoms with van der Waals surface area (Å²) in [4.78, 5) is 4.00. The van der Waals surface area contributed by atoms with Gasteiger partial charge in [-0.25, -0.2) is 10.2 Å². The van der Waals surface area contributed by atoms with Gasteiger partial charge in [0.2, 0.25) is 5.69 Å². The molecule has 0 saturated carbocycles. The molecular weight excluding hydrogens is 182 g/mol. The van der Waals surface area contributed by atoms with Crippen molar-refractivity contribution in [3.05, 3.63) is 35.7 Å². The van der Waals surface area contributed by atoms with E-state index >= 15 is 0 Å². The lowest BCUT2D eigenvalue weighted by Crippen LogP contribution is -2.99. The van der Waals surface area contributed by atoms with Crippen molar-refractivity contribution in [3.63, 3.8) is 0 Å². The predicted octanol–water partition coefficient (Wildman–Crippen LogP) is 0.220. The van der Waals surface area contributed by atoms with Gasteiger partial charge in [-0.1, -0.05) is 18.2 Å². The second-order valence-corrected chi connectivity index (χ2v) is 2.91. The fraction of sp³-hybridized carbons (Fsp3) is 0. The number of pyridine rings is 1. The van der Waals surface area contributed by atoms with E-state index in [-0.39, 0.29) is 11.4 Å². The molecule has 0 radical (unpaired) electrons. The second-order valence-electron chi connectivity index (χ2n) is 2.91. The molecule has 1 atom stereocenters. The Bertz CT molecular complexity index is 471. The Hall–Kier alpha value is -1.69. The van der Waals surface area contributed by atoms with Crippen LogP contribution < -0.4 is 11.0 Å². The van der Waals surface area contributed by atoms with Crippen LogP contribution >= 0.6 is 0 Å². The van der Waals surface area contributed by atoms with Gasteiger partial charge in [-0.15, -0.1) is 0 Å². The van der Waals surface area contributed by atoms with Crippen molar-refractivity contribution in [2.45, 2.75) is 0 Å². The zero-order valence-electron chi connectivity index (χ0n) is 7.27. The number of quaternary nitrogens is 1. The van der Waals surface area contributed by atoms with E-state index in [0.717, 1.165) is 0 Å². The summed E-state index contributed by atoms with van der Waals surface area (Å²) in [6.07, 6.45) is 1.28. The molecule has 1 aromatic carbocycles. The normalized spacial score (nSPS) is 13.0. The second kappa shape index (κ2) is 3.22. The highest BCUT2D eigenvalue weighted by atomic mass is 16.8. The Labute approximate surface area is 79.9 Å². The highest BCUT2D eigenvalue weighted by Gasteiger charge is 2.09. The number of anilines is 1. The smallest absolute Gasteiger partial charge is 0.206 e. The van der Waals surface area contributed by atoms with E-state index in [1.54, 1.807) is 18.2 Å². The van der Waals surface area contributed by atoms with Crippen molar-refractivity contribution < 1.29 is 10.4 Å². The zero-order chi connectivity index (χ0) is 10.1. The SMILES string of the molecule is Nc1c([NH+]([O-])O)cnc2ccccc12. The Morgan fingerprint density at radius 1 is 1.36 bits per heavy atom. The van der Waals surface area contributed by atoms with E-state index in [2.05, 4.69) is 4.98 Å². The van der Waals surface area contributed by atoms with Crippen molar-refractivity contribution in [3.8, 4) is 0 Å². The quantitative estimate of drug-likeness (QED) is 0.563. The van der Waals surface area contributed by atoms with Crippen LogP contribution in [0.3, 0.4) is 0 Å². The van der Waals surface area contributed by atoms with Crippen molar-refractivity contribution in [2.75, 3.05) is 5.73 Å². The fourth-order valence-corrected chi connectivity index (χ4v) is 1.33. The van der Waals surface area contributed by atoms with Gasteiger partial charge in [-0.05, 0) is 6.07 Å². The van der Waals surface area contributed by atoms with Gasteiger partial charge in [0.15, 0.2) is 0 Å². The van der Waals surface area contributed by atoms with E-state index < -0.39 is 5.23 Å². The predicted molar refractivity (Wildman–Crippen MR) is 51.9 cm³/mol. The van der Waals surface area contributed by atoms with Crippen LogP contribution in [0.5, 0.6) is 0 Å². The molecule has 0 fully saturated rings. The van der Waals surface area contributed by atoms with Crippen LogP contribution in [0.4, 0.5) is 11.4 Å². The summed E-state index contributed by atoms with van der Waals surface area (Å²) in [6, 6.07) is 7.17.